The molecule has 0 saturated carbocycles. The Morgan fingerprint density at radius 1 is 1.38 bits per heavy atom. The molecule has 1 atom stereocenters. The summed E-state index contributed by atoms with van der Waals surface area (Å²) in [6.45, 7) is 6.49. The highest BCUT2D eigenvalue weighted by Crippen LogP contribution is 2.39. The number of hydrogen-bond donors (Lipinski definition) is 0. The minimum absolute atomic E-state index is 0.216. The number of amides is 1. The van der Waals surface area contributed by atoms with Crippen LogP contribution < -0.4 is 0 Å². The van der Waals surface area contributed by atoms with Gasteiger partial charge in [0.05, 0.1) is 11.6 Å². The Morgan fingerprint density at radius 3 is 2.58 bits per heavy atom. The van der Waals surface area contributed by atoms with E-state index in [0.29, 0.717) is 19.5 Å². The highest BCUT2D eigenvalue weighted by atomic mass is 79.9. The molecule has 1 aromatic heterocycles. The van der Waals surface area contributed by atoms with Crippen LogP contribution in [0.15, 0.2) is 22.8 Å². The minimum Gasteiger partial charge on any atom is -0.444 e. The summed E-state index contributed by atoms with van der Waals surface area (Å²) in [5, 5.41) is 0. The number of aromatic nitrogens is 1. The first kappa shape index (κ1) is 19.1. The quantitative estimate of drug-likeness (QED) is 0.725. The molecule has 0 N–H and O–H groups in total. The fourth-order valence-corrected chi connectivity index (χ4v) is 3.26. The average molecular weight is 401 g/mol. The van der Waals surface area contributed by atoms with Crippen LogP contribution in [0.3, 0.4) is 0 Å². The van der Waals surface area contributed by atoms with E-state index in [2.05, 4.69) is 20.9 Å². The molecule has 1 aliphatic rings. The Labute approximate surface area is 151 Å². The molecular weight excluding hydrogens is 376 g/mol. The van der Waals surface area contributed by atoms with Crippen LogP contribution in [0.2, 0.25) is 0 Å². The van der Waals surface area contributed by atoms with Crippen LogP contribution in [0.25, 0.3) is 0 Å². The van der Waals surface area contributed by atoms with Crippen LogP contribution in [0.4, 0.5) is 4.79 Å². The van der Waals surface area contributed by atoms with Gasteiger partial charge in [-0.25, -0.2) is 4.79 Å². The number of carbonyl (C=O) groups excluding carboxylic acids is 1. The van der Waals surface area contributed by atoms with Crippen molar-refractivity contribution in [2.75, 3.05) is 27.3 Å². The number of ether oxygens (including phenoxy) is 3. The van der Waals surface area contributed by atoms with Crippen molar-refractivity contribution in [3.63, 3.8) is 0 Å². The second-order valence-corrected chi connectivity index (χ2v) is 7.76. The second kappa shape index (κ2) is 7.37. The highest BCUT2D eigenvalue weighted by Gasteiger charge is 2.47. The third-order valence-electron chi connectivity index (χ3n) is 4.11. The zero-order valence-corrected chi connectivity index (χ0v) is 16.4. The molecule has 1 unspecified atom stereocenters. The maximum Gasteiger partial charge on any atom is 0.410 e. The fraction of sp³-hybridized carbons (Fsp3) is 0.647. The van der Waals surface area contributed by atoms with Gasteiger partial charge >= 0.3 is 6.09 Å². The van der Waals surface area contributed by atoms with Crippen LogP contribution in [0.1, 0.15) is 38.8 Å². The first-order valence-electron chi connectivity index (χ1n) is 7.90. The van der Waals surface area contributed by atoms with Crippen molar-refractivity contribution in [3.8, 4) is 0 Å². The van der Waals surface area contributed by atoms with Crippen molar-refractivity contribution >= 4 is 22.0 Å². The lowest BCUT2D eigenvalue weighted by Gasteiger charge is -2.45. The molecule has 134 valence electrons. The van der Waals surface area contributed by atoms with E-state index in [1.54, 1.807) is 25.3 Å². The minimum atomic E-state index is -0.813. The monoisotopic (exact) mass is 400 g/mol. The molecule has 6 nitrogen and oxygen atoms in total. The molecule has 24 heavy (non-hydrogen) atoms. The van der Waals surface area contributed by atoms with Crippen LogP contribution in [-0.2, 0) is 14.2 Å². The SMILES string of the molecule is COC1(OC)CCN(C(=O)OC(C)(C)C)CC1c1cc(Br)ccn1. The molecule has 0 bridgehead atoms. The maximum atomic E-state index is 12.4. The van der Waals surface area contributed by atoms with Gasteiger partial charge in [0.2, 0.25) is 0 Å². The number of rotatable bonds is 3. The van der Waals surface area contributed by atoms with Crippen molar-refractivity contribution in [2.45, 2.75) is 44.5 Å². The van der Waals surface area contributed by atoms with E-state index in [1.165, 1.54) is 0 Å². The fourth-order valence-electron chi connectivity index (χ4n) is 2.91. The van der Waals surface area contributed by atoms with E-state index in [-0.39, 0.29) is 12.0 Å². The van der Waals surface area contributed by atoms with Crippen molar-refractivity contribution in [3.05, 3.63) is 28.5 Å². The number of likely N-dealkylation sites (tertiary alicyclic amines) is 1. The molecular formula is C17H25BrN2O4. The smallest absolute Gasteiger partial charge is 0.410 e. The highest BCUT2D eigenvalue weighted by molar-refractivity contribution is 9.10. The van der Waals surface area contributed by atoms with Crippen molar-refractivity contribution < 1.29 is 19.0 Å². The molecule has 1 amide bonds. The van der Waals surface area contributed by atoms with Crippen LogP contribution >= 0.6 is 15.9 Å². The Morgan fingerprint density at radius 2 is 2.04 bits per heavy atom. The zero-order chi connectivity index (χ0) is 18.0. The van der Waals surface area contributed by atoms with E-state index >= 15 is 0 Å². The molecule has 0 spiro atoms. The third kappa shape index (κ3) is 4.26. The second-order valence-electron chi connectivity index (χ2n) is 6.85. The molecule has 1 saturated heterocycles. The van der Waals surface area contributed by atoms with Gasteiger partial charge in [0.1, 0.15) is 5.60 Å². The van der Waals surface area contributed by atoms with E-state index in [4.69, 9.17) is 14.2 Å². The number of hydrogen-bond acceptors (Lipinski definition) is 5. The van der Waals surface area contributed by atoms with Crippen LogP contribution in [0.5, 0.6) is 0 Å². The Kier molecular flexibility index (Phi) is 5.88. The molecule has 2 rings (SSSR count). The first-order valence-corrected chi connectivity index (χ1v) is 8.70. The van der Waals surface area contributed by atoms with Crippen LogP contribution in [-0.4, -0.2) is 54.7 Å². The molecule has 1 fully saturated rings. The topological polar surface area (TPSA) is 60.9 Å². The predicted octanol–water partition coefficient (Wildman–Crippen LogP) is 3.56. The number of halogens is 1. The Hall–Kier alpha value is -1.18. The van der Waals surface area contributed by atoms with E-state index in [1.807, 2.05) is 32.9 Å². The zero-order valence-electron chi connectivity index (χ0n) is 14.8. The average Bonchev–Trinajstić information content (AvgIpc) is 2.52. The largest absolute Gasteiger partial charge is 0.444 e. The lowest BCUT2D eigenvalue weighted by atomic mass is 9.87. The summed E-state index contributed by atoms with van der Waals surface area (Å²) in [4.78, 5) is 18.6. The summed E-state index contributed by atoms with van der Waals surface area (Å²) in [7, 11) is 3.25. The van der Waals surface area contributed by atoms with Crippen molar-refractivity contribution in [2.24, 2.45) is 0 Å². The van der Waals surface area contributed by atoms with Gasteiger partial charge in [0.15, 0.2) is 5.79 Å². The maximum absolute atomic E-state index is 12.4. The molecule has 0 aliphatic carbocycles. The lowest BCUT2D eigenvalue weighted by Crippen LogP contribution is -2.55. The summed E-state index contributed by atoms with van der Waals surface area (Å²) in [5.41, 5.74) is 0.277. The van der Waals surface area contributed by atoms with Gasteiger partial charge < -0.3 is 19.1 Å². The van der Waals surface area contributed by atoms with Gasteiger partial charge in [-0.2, -0.15) is 0 Å². The lowest BCUT2D eigenvalue weighted by molar-refractivity contribution is -0.240. The van der Waals surface area contributed by atoms with Gasteiger partial charge in [0, 0.05) is 44.4 Å². The standard InChI is InChI=1S/C17H25BrN2O4/c1-16(2,3)24-15(21)20-9-7-17(22-4,23-5)13(11-20)14-10-12(18)6-8-19-14/h6,8,10,13H,7,9,11H2,1-5H3. The molecule has 0 radical (unpaired) electrons. The van der Waals surface area contributed by atoms with E-state index in [0.717, 1.165) is 10.2 Å². The number of methoxy groups -OCH3 is 2. The third-order valence-corrected chi connectivity index (χ3v) is 4.60. The Balaban J connectivity index is 2.28. The number of nitrogens with zero attached hydrogens (tertiary/aromatic N) is 2. The summed E-state index contributed by atoms with van der Waals surface area (Å²) in [6.07, 6.45) is 1.93. The van der Waals surface area contributed by atoms with Gasteiger partial charge in [-0.15, -0.1) is 0 Å². The number of piperidine rings is 1. The number of carbonyl (C=O) groups is 1. The summed E-state index contributed by atoms with van der Waals surface area (Å²) in [6, 6.07) is 3.79. The van der Waals surface area contributed by atoms with Crippen molar-refractivity contribution in [1.82, 2.24) is 9.88 Å². The van der Waals surface area contributed by atoms with Gasteiger partial charge in [0.25, 0.3) is 0 Å². The first-order chi connectivity index (χ1) is 11.2. The molecule has 1 aliphatic heterocycles. The molecule has 1 aromatic rings. The molecule has 7 heteroatoms. The normalized spacial score (nSPS) is 20.8. The van der Waals surface area contributed by atoms with E-state index < -0.39 is 11.4 Å². The van der Waals surface area contributed by atoms with Gasteiger partial charge in [-0.3, -0.25) is 4.98 Å². The van der Waals surface area contributed by atoms with Gasteiger partial charge in [-0.1, -0.05) is 15.9 Å². The van der Waals surface area contributed by atoms with Crippen LogP contribution in [0, 0.1) is 0 Å². The summed E-state index contributed by atoms with van der Waals surface area (Å²) < 4.78 is 17.8. The summed E-state index contributed by atoms with van der Waals surface area (Å²) >= 11 is 3.47. The molecule has 2 heterocycles. The number of pyridine rings is 1. The van der Waals surface area contributed by atoms with E-state index in [9.17, 15) is 4.79 Å². The van der Waals surface area contributed by atoms with Gasteiger partial charge in [-0.05, 0) is 32.9 Å². The summed E-state index contributed by atoms with van der Waals surface area (Å²) in [5.74, 6) is -1.03. The molecule has 0 aromatic carbocycles. The van der Waals surface area contributed by atoms with Crippen molar-refractivity contribution in [1.29, 1.82) is 0 Å². The predicted molar refractivity (Wildman–Crippen MR) is 93.9 cm³/mol. The Bertz CT molecular complexity index is 584.